The van der Waals surface area contributed by atoms with Crippen molar-refractivity contribution in [3.63, 3.8) is 0 Å². The van der Waals surface area contributed by atoms with Gasteiger partial charge in [0.2, 0.25) is 0 Å². The van der Waals surface area contributed by atoms with E-state index in [1.165, 1.54) is 270 Å². The molecular formula is C65H124O6. The monoisotopic (exact) mass is 1000 g/mol. The second kappa shape index (κ2) is 60.7. The van der Waals surface area contributed by atoms with Gasteiger partial charge in [0.1, 0.15) is 13.2 Å². The predicted octanol–water partition coefficient (Wildman–Crippen LogP) is 21.7. The van der Waals surface area contributed by atoms with Crippen LogP contribution in [0, 0.1) is 0 Å². The number of ether oxygens (including phenoxy) is 3. The van der Waals surface area contributed by atoms with E-state index in [4.69, 9.17) is 14.2 Å². The summed E-state index contributed by atoms with van der Waals surface area (Å²) in [6, 6.07) is 0. The lowest BCUT2D eigenvalue weighted by molar-refractivity contribution is -0.167. The molecule has 0 aliphatic carbocycles. The second-order valence-corrected chi connectivity index (χ2v) is 22.0. The van der Waals surface area contributed by atoms with E-state index in [2.05, 4.69) is 32.9 Å². The number of rotatable bonds is 60. The van der Waals surface area contributed by atoms with E-state index in [0.717, 1.165) is 57.8 Å². The van der Waals surface area contributed by atoms with Gasteiger partial charge < -0.3 is 14.2 Å². The van der Waals surface area contributed by atoms with Gasteiger partial charge in [-0.05, 0) is 44.9 Å². The number of hydrogen-bond donors (Lipinski definition) is 0. The van der Waals surface area contributed by atoms with Crippen LogP contribution in [0.4, 0.5) is 0 Å². The zero-order chi connectivity index (χ0) is 51.4. The third-order valence-electron chi connectivity index (χ3n) is 14.8. The Labute approximate surface area is 443 Å². The lowest BCUT2D eigenvalue weighted by Crippen LogP contribution is -2.30. The van der Waals surface area contributed by atoms with Crippen LogP contribution in [0.2, 0.25) is 0 Å². The second-order valence-electron chi connectivity index (χ2n) is 22.0. The first-order chi connectivity index (χ1) is 35.0. The Kier molecular flexibility index (Phi) is 59.1. The van der Waals surface area contributed by atoms with E-state index in [-0.39, 0.29) is 31.1 Å². The first-order valence-electron chi connectivity index (χ1n) is 32.2. The lowest BCUT2D eigenvalue weighted by atomic mass is 10.0. The molecule has 1 unspecified atom stereocenters. The van der Waals surface area contributed by atoms with E-state index in [1.54, 1.807) is 0 Å². The lowest BCUT2D eigenvalue weighted by Gasteiger charge is -2.18. The number of carbonyl (C=O) groups excluding carboxylic acids is 3. The summed E-state index contributed by atoms with van der Waals surface area (Å²) in [6.07, 6.45) is 71.3. The van der Waals surface area contributed by atoms with Gasteiger partial charge in [0.15, 0.2) is 6.10 Å². The summed E-state index contributed by atoms with van der Waals surface area (Å²) >= 11 is 0. The molecule has 0 saturated heterocycles. The minimum absolute atomic E-state index is 0.0667. The first-order valence-corrected chi connectivity index (χ1v) is 32.2. The van der Waals surface area contributed by atoms with Gasteiger partial charge in [-0.3, -0.25) is 14.4 Å². The molecule has 0 N–H and O–H groups in total. The molecule has 0 aliphatic heterocycles. The molecule has 1 atom stereocenters. The number of allylic oxidation sites excluding steroid dienone is 2. The minimum Gasteiger partial charge on any atom is -0.462 e. The van der Waals surface area contributed by atoms with Crippen molar-refractivity contribution >= 4 is 17.9 Å². The highest BCUT2D eigenvalue weighted by Crippen LogP contribution is 2.18. The zero-order valence-corrected chi connectivity index (χ0v) is 48.3. The van der Waals surface area contributed by atoms with Crippen LogP contribution in [0.25, 0.3) is 0 Å². The van der Waals surface area contributed by atoms with Gasteiger partial charge in [0, 0.05) is 19.3 Å². The fourth-order valence-corrected chi connectivity index (χ4v) is 9.91. The Bertz CT molecular complexity index is 1100. The topological polar surface area (TPSA) is 78.9 Å². The third kappa shape index (κ3) is 58.9. The van der Waals surface area contributed by atoms with Crippen LogP contribution in [0.1, 0.15) is 367 Å². The summed E-state index contributed by atoms with van der Waals surface area (Å²) in [5, 5.41) is 0. The molecule has 0 fully saturated rings. The molecule has 0 bridgehead atoms. The largest absolute Gasteiger partial charge is 0.462 e. The number of esters is 3. The van der Waals surface area contributed by atoms with Crippen molar-refractivity contribution in [1.29, 1.82) is 0 Å². The molecule has 0 heterocycles. The molecule has 6 nitrogen and oxygen atoms in total. The van der Waals surface area contributed by atoms with Gasteiger partial charge in [0.25, 0.3) is 0 Å². The summed E-state index contributed by atoms with van der Waals surface area (Å²) in [4.78, 5) is 38.0. The molecule has 0 saturated carbocycles. The Morgan fingerprint density at radius 3 is 0.704 bits per heavy atom. The third-order valence-corrected chi connectivity index (χ3v) is 14.8. The molecule has 0 aliphatic rings. The van der Waals surface area contributed by atoms with Gasteiger partial charge >= 0.3 is 17.9 Å². The van der Waals surface area contributed by atoms with Crippen LogP contribution in [-0.4, -0.2) is 37.2 Å². The van der Waals surface area contributed by atoms with Crippen molar-refractivity contribution in [3.8, 4) is 0 Å². The SMILES string of the molecule is CCCCCCCCC/C=C\CCCCCCCCCC(=O)OC(COC(=O)CCCCCCCC)COC(=O)CCCCCCCCCCCCCCCCCCCCCCCCCCCCCCC. The van der Waals surface area contributed by atoms with E-state index in [1.807, 2.05) is 0 Å². The average molecular weight is 1000 g/mol. The van der Waals surface area contributed by atoms with Gasteiger partial charge in [-0.15, -0.1) is 0 Å². The van der Waals surface area contributed by atoms with Crippen molar-refractivity contribution < 1.29 is 28.6 Å². The smallest absolute Gasteiger partial charge is 0.306 e. The summed E-state index contributed by atoms with van der Waals surface area (Å²) < 4.78 is 16.8. The van der Waals surface area contributed by atoms with Crippen LogP contribution in [0.3, 0.4) is 0 Å². The van der Waals surface area contributed by atoms with E-state index >= 15 is 0 Å². The molecule has 420 valence electrons. The summed E-state index contributed by atoms with van der Waals surface area (Å²) in [5.41, 5.74) is 0. The van der Waals surface area contributed by atoms with Crippen molar-refractivity contribution in [1.82, 2.24) is 0 Å². The minimum atomic E-state index is -0.766. The number of carbonyl (C=O) groups is 3. The van der Waals surface area contributed by atoms with Crippen LogP contribution in [-0.2, 0) is 28.6 Å². The predicted molar refractivity (Wildman–Crippen MR) is 307 cm³/mol. The fraction of sp³-hybridized carbons (Fsp3) is 0.923. The highest BCUT2D eigenvalue weighted by Gasteiger charge is 2.19. The normalized spacial score (nSPS) is 12.0. The molecule has 71 heavy (non-hydrogen) atoms. The molecule has 6 heteroatoms. The van der Waals surface area contributed by atoms with E-state index in [9.17, 15) is 14.4 Å². The van der Waals surface area contributed by atoms with E-state index in [0.29, 0.717) is 19.3 Å². The first kappa shape index (κ1) is 69.2. The average Bonchev–Trinajstić information content (AvgIpc) is 3.37. The van der Waals surface area contributed by atoms with Gasteiger partial charge in [-0.1, -0.05) is 315 Å². The van der Waals surface area contributed by atoms with Gasteiger partial charge in [-0.2, -0.15) is 0 Å². The quantitative estimate of drug-likeness (QED) is 0.0261. The molecule has 0 aromatic rings. The van der Waals surface area contributed by atoms with Crippen molar-refractivity contribution in [3.05, 3.63) is 12.2 Å². The molecule has 0 radical (unpaired) electrons. The molecule has 0 spiro atoms. The Hall–Kier alpha value is -1.85. The van der Waals surface area contributed by atoms with Gasteiger partial charge in [0.05, 0.1) is 0 Å². The molecular weight excluding hydrogens is 877 g/mol. The number of unbranched alkanes of at least 4 members (excludes halogenated alkanes) is 47. The summed E-state index contributed by atoms with van der Waals surface area (Å²) in [5.74, 6) is -0.857. The van der Waals surface area contributed by atoms with Crippen molar-refractivity contribution in [2.24, 2.45) is 0 Å². The van der Waals surface area contributed by atoms with Crippen molar-refractivity contribution in [2.75, 3.05) is 13.2 Å². The van der Waals surface area contributed by atoms with Crippen LogP contribution >= 0.6 is 0 Å². The standard InChI is InChI=1S/C65H124O6/c1-4-7-10-13-16-18-20-22-24-26-28-29-30-31-32-33-34-35-36-37-38-40-41-43-45-47-49-52-55-58-64(67)70-61-62(60-69-63(66)57-54-51-15-12-9-6-3)71-65(68)59-56-53-50-48-46-44-42-39-27-25-23-21-19-17-14-11-8-5-2/h25,27,62H,4-24,26,28-61H2,1-3H3/b27-25-. The molecule has 0 amide bonds. The molecule has 0 aromatic heterocycles. The van der Waals surface area contributed by atoms with Crippen LogP contribution < -0.4 is 0 Å². The van der Waals surface area contributed by atoms with Crippen molar-refractivity contribution in [2.45, 2.75) is 374 Å². The highest BCUT2D eigenvalue weighted by molar-refractivity contribution is 5.71. The Balaban J connectivity index is 3.97. The zero-order valence-electron chi connectivity index (χ0n) is 48.3. The van der Waals surface area contributed by atoms with Gasteiger partial charge in [-0.25, -0.2) is 0 Å². The maximum absolute atomic E-state index is 12.8. The maximum Gasteiger partial charge on any atom is 0.306 e. The van der Waals surface area contributed by atoms with E-state index < -0.39 is 6.10 Å². The Morgan fingerprint density at radius 2 is 0.465 bits per heavy atom. The van der Waals surface area contributed by atoms with Crippen LogP contribution in [0.15, 0.2) is 12.2 Å². The summed E-state index contributed by atoms with van der Waals surface area (Å²) in [7, 11) is 0. The number of hydrogen-bond acceptors (Lipinski definition) is 6. The fourth-order valence-electron chi connectivity index (χ4n) is 9.91. The molecule has 0 rings (SSSR count). The summed E-state index contributed by atoms with van der Waals surface area (Å²) in [6.45, 7) is 6.64. The highest BCUT2D eigenvalue weighted by atomic mass is 16.6. The Morgan fingerprint density at radius 1 is 0.268 bits per heavy atom. The maximum atomic E-state index is 12.8. The molecule has 0 aromatic carbocycles. The van der Waals surface area contributed by atoms with Crippen LogP contribution in [0.5, 0.6) is 0 Å².